The van der Waals surface area contributed by atoms with Gasteiger partial charge in [0.25, 0.3) is 0 Å². The maximum Gasteiger partial charge on any atom is 0.582 e. The van der Waals surface area contributed by atoms with Crippen LogP contribution in [0.3, 0.4) is 0 Å². The van der Waals surface area contributed by atoms with Gasteiger partial charge in [0.15, 0.2) is 54.0 Å². The predicted molar refractivity (Wildman–Crippen MR) is 157 cm³/mol. The Hall–Kier alpha value is -2.64. The van der Waals surface area contributed by atoms with E-state index in [2.05, 4.69) is 55.3 Å². The number of para-hydroxylation sites is 1. The number of aliphatic hydroxyl groups is 2. The number of aliphatic hydroxyl groups excluding tert-OH is 2. The van der Waals surface area contributed by atoms with Gasteiger partial charge in [-0.3, -0.25) is 15.4 Å². The second-order valence-corrected chi connectivity index (χ2v) is 13.0. The number of aromatic nitrogens is 6. The summed E-state index contributed by atoms with van der Waals surface area (Å²) in [7, 11) is -4.90. The molecule has 16 nitrogen and oxygen atoms in total. The van der Waals surface area contributed by atoms with E-state index in [1.54, 1.807) is 18.2 Å². The Bertz CT molecular complexity index is 1580. The van der Waals surface area contributed by atoms with Crippen molar-refractivity contribution < 1.29 is 46.6 Å². The molecular weight excluding hydrogens is 668 g/mol. The molecule has 2 aliphatic heterocycles. The molecule has 3 aromatic heterocycles. The minimum atomic E-state index is -2.46. The van der Waals surface area contributed by atoms with Crippen LogP contribution < -0.4 is 10.9 Å². The van der Waals surface area contributed by atoms with E-state index in [4.69, 9.17) is 18.5 Å². The summed E-state index contributed by atoms with van der Waals surface area (Å²) in [6.07, 6.45) is -7.03. The molecule has 0 aliphatic carbocycles. The van der Waals surface area contributed by atoms with Crippen LogP contribution in [0.1, 0.15) is 12.5 Å². The van der Waals surface area contributed by atoms with Crippen LogP contribution in [0.4, 0.5) is 20.3 Å². The highest BCUT2D eigenvalue weighted by Gasteiger charge is 2.52. The molecule has 0 spiro atoms. The van der Waals surface area contributed by atoms with Gasteiger partial charge in [-0.2, -0.15) is 0 Å². The van der Waals surface area contributed by atoms with E-state index in [0.717, 1.165) is 0 Å². The van der Waals surface area contributed by atoms with Crippen LogP contribution >= 0.6 is 39.0 Å². The molecule has 0 saturated carbocycles. The van der Waals surface area contributed by atoms with Gasteiger partial charge in [0.05, 0.1) is 37.1 Å². The number of thiol groups is 2. The first-order valence-corrected chi connectivity index (χ1v) is 17.5. The van der Waals surface area contributed by atoms with Gasteiger partial charge in [-0.15, -0.1) is 9.05 Å². The van der Waals surface area contributed by atoms with Gasteiger partial charge in [-0.25, -0.2) is 28.7 Å². The number of hydrogen-bond donors (Lipinski definition) is 6. The number of hydrazine groups is 1. The summed E-state index contributed by atoms with van der Waals surface area (Å²) in [4.78, 5) is 17.1. The molecule has 2 unspecified atom stereocenters. The first kappa shape index (κ1) is 31.3. The fourth-order valence-electron chi connectivity index (χ4n) is 5.21. The first-order chi connectivity index (χ1) is 21.2. The fourth-order valence-corrected chi connectivity index (χ4v) is 6.78. The molecule has 6 rings (SSSR count). The summed E-state index contributed by atoms with van der Waals surface area (Å²) >= 11 is 7.35. The summed E-state index contributed by atoms with van der Waals surface area (Å²) in [5.41, 5.74) is 7.69. The van der Waals surface area contributed by atoms with E-state index in [1.165, 1.54) is 28.1 Å². The summed E-state index contributed by atoms with van der Waals surface area (Å²) in [5, 5.41) is 19.2. The molecular formula is C22H24F2N8O8P2S2+2. The fraction of sp³-hybridized carbons (Fsp3) is 0.455. The van der Waals surface area contributed by atoms with E-state index < -0.39 is 76.9 Å². The molecule has 22 heteroatoms. The number of fused-ring (bicyclic) bond motifs is 2. The summed E-state index contributed by atoms with van der Waals surface area (Å²) in [5.74, 6) is 0.207. The van der Waals surface area contributed by atoms with Crippen LogP contribution in [0.5, 0.6) is 0 Å². The van der Waals surface area contributed by atoms with Crippen LogP contribution in [0, 0.1) is 0 Å². The molecule has 0 bridgehead atoms. The van der Waals surface area contributed by atoms with Crippen LogP contribution in [-0.2, 0) is 27.7 Å². The van der Waals surface area contributed by atoms with Gasteiger partial charge < -0.3 is 24.3 Å². The summed E-state index contributed by atoms with van der Waals surface area (Å²) in [6.45, 7) is -1.14. The van der Waals surface area contributed by atoms with Crippen molar-refractivity contribution in [2.24, 2.45) is 0 Å². The van der Waals surface area contributed by atoms with Gasteiger partial charge in [0.1, 0.15) is 48.5 Å². The molecule has 2 fully saturated rings. The molecule has 2 aliphatic rings. The Morgan fingerprint density at radius 1 is 0.864 bits per heavy atom. The third-order valence-electron chi connectivity index (χ3n) is 7.14. The molecule has 0 radical (unpaired) electrons. The number of rotatable bonds is 11. The molecule has 0 amide bonds. The van der Waals surface area contributed by atoms with Gasteiger partial charge in [-0.1, -0.05) is 6.07 Å². The van der Waals surface area contributed by atoms with Crippen molar-refractivity contribution in [1.29, 1.82) is 0 Å². The third-order valence-corrected chi connectivity index (χ3v) is 8.56. The molecule has 5 heterocycles. The van der Waals surface area contributed by atoms with Crippen molar-refractivity contribution in [2.75, 3.05) is 24.1 Å². The van der Waals surface area contributed by atoms with Crippen molar-refractivity contribution >= 4 is 72.7 Å². The number of benzene rings is 1. The maximum atomic E-state index is 15.3. The monoisotopic (exact) mass is 692 g/mol. The maximum absolute atomic E-state index is 15.3. The quantitative estimate of drug-likeness (QED) is 0.0762. The lowest BCUT2D eigenvalue weighted by molar-refractivity contribution is -0.0427. The average molecular weight is 693 g/mol. The SMILES string of the molecule is O=[P+](S)O[C@H]1[C@@H](F)[C@H](n2cnc3c(NNc4ncnc5c4ncn5[C@@H]4O[C@H](CO)[C@@H](O[P+](=O)S)[C@H]4F)cccc32)O[C@@H]1CO. The number of anilines is 2. The van der Waals surface area contributed by atoms with E-state index in [-0.39, 0.29) is 17.0 Å². The highest BCUT2D eigenvalue weighted by molar-refractivity contribution is 8.39. The number of imidazole rings is 2. The average Bonchev–Trinajstić information content (AvgIpc) is 3.76. The van der Waals surface area contributed by atoms with E-state index >= 15 is 8.78 Å². The van der Waals surface area contributed by atoms with Crippen molar-refractivity contribution in [2.45, 2.75) is 49.2 Å². The van der Waals surface area contributed by atoms with Crippen LogP contribution in [-0.4, -0.2) is 89.3 Å². The highest BCUT2D eigenvalue weighted by Crippen LogP contribution is 2.43. The second-order valence-electron chi connectivity index (χ2n) is 9.62. The topological polar surface area (TPSA) is 197 Å². The lowest BCUT2D eigenvalue weighted by atomic mass is 10.1. The molecule has 4 N–H and O–H groups in total. The van der Waals surface area contributed by atoms with E-state index in [1.807, 2.05) is 0 Å². The number of nitrogens with zero attached hydrogens (tertiary/aromatic N) is 6. The molecule has 2 saturated heterocycles. The molecule has 234 valence electrons. The van der Waals surface area contributed by atoms with Crippen molar-refractivity contribution in [3.05, 3.63) is 37.2 Å². The van der Waals surface area contributed by atoms with Gasteiger partial charge >= 0.3 is 14.5 Å². The zero-order valence-corrected chi connectivity index (χ0v) is 25.6. The van der Waals surface area contributed by atoms with Gasteiger partial charge in [0.2, 0.25) is 0 Å². The standard InChI is InChI=1S/C22H22F2N8O8P2S2/c23-13-17(39-41(35)43)11(4-33)37-21(13)31-7-27-15-9(2-1-3-10(15)31)29-30-19-16-20(26-6-25-19)32(8-28-16)22-14(24)18(40-42(36)44)12(5-34)38-22/h1-3,6-8,11-14,17-18,21-22,29,33-34H,4-5H2,(H-2,25,26,30,35,36,43,44)/p+2/t11-,12-,13-,14-,17-,18-,21-,22-/m1/s1. The van der Waals surface area contributed by atoms with Crippen molar-refractivity contribution in [3.8, 4) is 0 Å². The summed E-state index contributed by atoms with van der Waals surface area (Å²) in [6, 6.07) is 5.07. The molecule has 4 aromatic rings. The van der Waals surface area contributed by atoms with Crippen LogP contribution in [0.15, 0.2) is 37.2 Å². The lowest BCUT2D eigenvalue weighted by Gasteiger charge is -2.16. The van der Waals surface area contributed by atoms with Gasteiger partial charge in [-0.05, 0) is 21.3 Å². The van der Waals surface area contributed by atoms with E-state index in [9.17, 15) is 19.3 Å². The zero-order chi connectivity index (χ0) is 31.1. The number of ether oxygens (including phenoxy) is 2. The Kier molecular flexibility index (Phi) is 9.26. The number of hydrogen-bond acceptors (Lipinski definition) is 14. The van der Waals surface area contributed by atoms with Crippen molar-refractivity contribution in [3.63, 3.8) is 0 Å². The van der Waals surface area contributed by atoms with E-state index in [0.29, 0.717) is 16.7 Å². The number of halogens is 2. The molecule has 1 aromatic carbocycles. The Labute approximate surface area is 258 Å². The largest absolute Gasteiger partial charge is 0.582 e. The second kappa shape index (κ2) is 13.0. The Morgan fingerprint density at radius 2 is 1.45 bits per heavy atom. The normalized spacial score (nSPS) is 29.4. The number of nitrogens with one attached hydrogen (secondary N) is 2. The highest BCUT2D eigenvalue weighted by atomic mass is 32.7. The van der Waals surface area contributed by atoms with Gasteiger partial charge in [0, 0.05) is 0 Å². The third kappa shape index (κ3) is 5.75. The zero-order valence-electron chi connectivity index (χ0n) is 22.1. The lowest BCUT2D eigenvalue weighted by Crippen LogP contribution is -2.31. The minimum absolute atomic E-state index is 0.192. The Morgan fingerprint density at radius 3 is 2.07 bits per heavy atom. The first-order valence-electron chi connectivity index (χ1n) is 12.8. The molecule has 44 heavy (non-hydrogen) atoms. The molecule has 10 atom stereocenters. The van der Waals surface area contributed by atoms with Crippen LogP contribution in [0.25, 0.3) is 22.2 Å². The smallest absolute Gasteiger partial charge is 0.394 e. The predicted octanol–water partition coefficient (Wildman–Crippen LogP) is 3.02. The van der Waals surface area contributed by atoms with Crippen LogP contribution in [0.2, 0.25) is 0 Å². The minimum Gasteiger partial charge on any atom is -0.394 e. The summed E-state index contributed by atoms with van der Waals surface area (Å²) < 4.78 is 77.7. The Balaban J connectivity index is 1.23. The van der Waals surface area contributed by atoms with Crippen molar-refractivity contribution in [1.82, 2.24) is 29.1 Å². The number of alkyl halides is 2.